The van der Waals surface area contributed by atoms with Crippen molar-refractivity contribution in [2.24, 2.45) is 5.92 Å². The summed E-state index contributed by atoms with van der Waals surface area (Å²) in [7, 11) is 0. The van der Waals surface area contributed by atoms with Crippen molar-refractivity contribution < 1.29 is 22.8 Å². The minimum absolute atomic E-state index is 0.0405. The van der Waals surface area contributed by atoms with Crippen molar-refractivity contribution in [3.05, 3.63) is 23.8 Å². The Bertz CT molecular complexity index is 608. The van der Waals surface area contributed by atoms with E-state index in [4.69, 9.17) is 0 Å². The molecule has 1 aromatic carbocycles. The number of nitrogens with one attached hydrogen (secondary N) is 2. The number of hydrogen-bond donors (Lipinski definition) is 2. The third kappa shape index (κ3) is 5.25. The zero-order valence-corrected chi connectivity index (χ0v) is 13.5. The van der Waals surface area contributed by atoms with Gasteiger partial charge in [0.25, 0.3) is 0 Å². The van der Waals surface area contributed by atoms with Crippen LogP contribution < -0.4 is 10.6 Å². The third-order valence-corrected chi connectivity index (χ3v) is 4.17. The number of halogens is 3. The highest BCUT2D eigenvalue weighted by molar-refractivity contribution is 5.93. The Balaban J connectivity index is 2.07. The van der Waals surface area contributed by atoms with Crippen LogP contribution >= 0.6 is 0 Å². The fourth-order valence-corrected chi connectivity index (χ4v) is 3.02. The van der Waals surface area contributed by atoms with E-state index in [-0.39, 0.29) is 17.8 Å². The van der Waals surface area contributed by atoms with Gasteiger partial charge in [0.15, 0.2) is 0 Å². The van der Waals surface area contributed by atoms with Crippen LogP contribution in [0.3, 0.4) is 0 Å². The second kappa shape index (κ2) is 7.68. The summed E-state index contributed by atoms with van der Waals surface area (Å²) in [6.07, 6.45) is 0.804. The van der Waals surface area contributed by atoms with E-state index >= 15 is 0 Å². The lowest BCUT2D eigenvalue weighted by atomic mass is 10.0. The van der Waals surface area contributed by atoms with Crippen LogP contribution in [0.5, 0.6) is 0 Å². The van der Waals surface area contributed by atoms with Crippen LogP contribution in [0, 0.1) is 5.92 Å². The molecule has 0 atom stereocenters. The number of amides is 2. The molecule has 4 nitrogen and oxygen atoms in total. The summed E-state index contributed by atoms with van der Waals surface area (Å²) in [6, 6.07) is 3.33. The van der Waals surface area contributed by atoms with E-state index in [0.717, 1.165) is 31.7 Å². The Labute approximate surface area is 138 Å². The second-order valence-electron chi connectivity index (χ2n) is 6.18. The van der Waals surface area contributed by atoms with Crippen LogP contribution in [-0.4, -0.2) is 11.8 Å². The molecule has 0 heterocycles. The Morgan fingerprint density at radius 3 is 2.42 bits per heavy atom. The molecule has 1 saturated carbocycles. The molecule has 0 spiro atoms. The van der Waals surface area contributed by atoms with Gasteiger partial charge in [0.2, 0.25) is 11.8 Å². The minimum atomic E-state index is -4.62. The number of hydrogen-bond acceptors (Lipinski definition) is 2. The molecule has 0 saturated heterocycles. The van der Waals surface area contributed by atoms with Crippen molar-refractivity contribution in [2.45, 2.75) is 51.6 Å². The van der Waals surface area contributed by atoms with Crippen LogP contribution in [0.2, 0.25) is 0 Å². The molecule has 0 radical (unpaired) electrons. The number of alkyl halides is 3. The maximum atomic E-state index is 13.2. The molecular weight excluding hydrogens is 321 g/mol. The first kappa shape index (κ1) is 18.3. The highest BCUT2D eigenvalue weighted by Crippen LogP contribution is 2.37. The second-order valence-corrected chi connectivity index (χ2v) is 6.18. The lowest BCUT2D eigenvalue weighted by molar-refractivity contribution is -0.137. The maximum Gasteiger partial charge on any atom is 0.418 e. The minimum Gasteiger partial charge on any atom is -0.326 e. The average Bonchev–Trinajstić information content (AvgIpc) is 2.98. The van der Waals surface area contributed by atoms with Gasteiger partial charge in [-0.25, -0.2) is 0 Å². The molecule has 2 rings (SSSR count). The molecular formula is C17H21F3N2O2. The molecule has 24 heavy (non-hydrogen) atoms. The molecule has 1 aliphatic rings. The van der Waals surface area contributed by atoms with Gasteiger partial charge in [-0.3, -0.25) is 9.59 Å². The van der Waals surface area contributed by atoms with Crippen molar-refractivity contribution >= 4 is 23.2 Å². The predicted octanol–water partition coefficient (Wildman–Crippen LogP) is 4.57. The molecule has 0 bridgehead atoms. The highest BCUT2D eigenvalue weighted by Gasteiger charge is 2.34. The molecule has 1 aromatic rings. The number of rotatable bonds is 5. The van der Waals surface area contributed by atoms with Gasteiger partial charge < -0.3 is 10.6 Å². The molecule has 0 unspecified atom stereocenters. The summed E-state index contributed by atoms with van der Waals surface area (Å²) in [5, 5.41) is 4.66. The van der Waals surface area contributed by atoms with E-state index in [2.05, 4.69) is 10.6 Å². The summed E-state index contributed by atoms with van der Waals surface area (Å²) in [6.45, 7) is 1.21. The van der Waals surface area contributed by atoms with Gasteiger partial charge in [0.05, 0.1) is 11.3 Å². The Morgan fingerprint density at radius 1 is 1.17 bits per heavy atom. The monoisotopic (exact) mass is 342 g/mol. The molecule has 1 fully saturated rings. The molecule has 1 aliphatic carbocycles. The van der Waals surface area contributed by atoms with Crippen LogP contribution in [0.1, 0.15) is 51.0 Å². The molecule has 2 amide bonds. The Kier molecular flexibility index (Phi) is 5.85. The molecule has 2 N–H and O–H groups in total. The fourth-order valence-electron chi connectivity index (χ4n) is 3.02. The maximum absolute atomic E-state index is 13.2. The SMILES string of the molecule is CC(=O)Nc1ccc(NC(=O)CCC2CCCC2)c(C(F)(F)F)c1. The molecule has 0 aromatic heterocycles. The zero-order chi connectivity index (χ0) is 17.7. The molecule has 0 aliphatic heterocycles. The van der Waals surface area contributed by atoms with Crippen LogP contribution in [0.25, 0.3) is 0 Å². The highest BCUT2D eigenvalue weighted by atomic mass is 19.4. The third-order valence-electron chi connectivity index (χ3n) is 4.17. The first-order chi connectivity index (χ1) is 11.3. The van der Waals surface area contributed by atoms with Gasteiger partial charge in [-0.1, -0.05) is 25.7 Å². The largest absolute Gasteiger partial charge is 0.418 e. The quantitative estimate of drug-likeness (QED) is 0.823. The summed E-state index contributed by atoms with van der Waals surface area (Å²) < 4.78 is 39.6. The summed E-state index contributed by atoms with van der Waals surface area (Å²) in [5.41, 5.74) is -1.21. The zero-order valence-electron chi connectivity index (χ0n) is 13.5. The Morgan fingerprint density at radius 2 is 1.83 bits per heavy atom. The van der Waals surface area contributed by atoms with Crippen LogP contribution in [0.4, 0.5) is 24.5 Å². The summed E-state index contributed by atoms with van der Waals surface area (Å²) in [4.78, 5) is 22.9. The van der Waals surface area contributed by atoms with E-state index in [1.54, 1.807) is 0 Å². The molecule has 7 heteroatoms. The van der Waals surface area contributed by atoms with E-state index in [1.165, 1.54) is 19.1 Å². The van der Waals surface area contributed by atoms with E-state index < -0.39 is 23.6 Å². The number of anilines is 2. The van der Waals surface area contributed by atoms with Crippen LogP contribution in [0.15, 0.2) is 18.2 Å². The van der Waals surface area contributed by atoms with Gasteiger partial charge in [0.1, 0.15) is 0 Å². The topological polar surface area (TPSA) is 58.2 Å². The van der Waals surface area contributed by atoms with Gasteiger partial charge in [-0.05, 0) is 30.5 Å². The van der Waals surface area contributed by atoms with Crippen molar-refractivity contribution in [2.75, 3.05) is 10.6 Å². The van der Waals surface area contributed by atoms with Gasteiger partial charge in [-0.15, -0.1) is 0 Å². The smallest absolute Gasteiger partial charge is 0.326 e. The summed E-state index contributed by atoms with van der Waals surface area (Å²) >= 11 is 0. The van der Waals surface area contributed by atoms with E-state index in [9.17, 15) is 22.8 Å². The first-order valence-electron chi connectivity index (χ1n) is 8.04. The number of benzene rings is 1. The number of carbonyl (C=O) groups excluding carboxylic acids is 2. The van der Waals surface area contributed by atoms with Gasteiger partial charge in [-0.2, -0.15) is 13.2 Å². The van der Waals surface area contributed by atoms with Crippen LogP contribution in [-0.2, 0) is 15.8 Å². The average molecular weight is 342 g/mol. The standard InChI is InChI=1S/C17H21F3N2O2/c1-11(23)21-13-7-8-15(14(10-13)17(18,19)20)22-16(24)9-6-12-4-2-3-5-12/h7-8,10,12H,2-6,9H2,1H3,(H,21,23)(H,22,24). The van der Waals surface area contributed by atoms with Crippen molar-refractivity contribution in [1.29, 1.82) is 0 Å². The van der Waals surface area contributed by atoms with E-state index in [0.29, 0.717) is 12.3 Å². The van der Waals surface area contributed by atoms with Crippen molar-refractivity contribution in [3.63, 3.8) is 0 Å². The molecule has 132 valence electrons. The predicted molar refractivity (Wildman–Crippen MR) is 85.6 cm³/mol. The number of carbonyl (C=O) groups is 2. The summed E-state index contributed by atoms with van der Waals surface area (Å²) in [5.74, 6) is -0.379. The van der Waals surface area contributed by atoms with Crippen molar-refractivity contribution in [1.82, 2.24) is 0 Å². The first-order valence-corrected chi connectivity index (χ1v) is 8.04. The van der Waals surface area contributed by atoms with Gasteiger partial charge >= 0.3 is 6.18 Å². The normalized spacial score (nSPS) is 15.3. The lowest BCUT2D eigenvalue weighted by Crippen LogP contribution is -2.17. The van der Waals surface area contributed by atoms with Crippen molar-refractivity contribution in [3.8, 4) is 0 Å². The fraction of sp³-hybridized carbons (Fsp3) is 0.529. The lowest BCUT2D eigenvalue weighted by Gasteiger charge is -2.16. The Hall–Kier alpha value is -2.05. The van der Waals surface area contributed by atoms with Gasteiger partial charge in [0, 0.05) is 19.0 Å². The van der Waals surface area contributed by atoms with E-state index in [1.807, 2.05) is 0 Å².